The molecule has 2 rings (SSSR count). The molecule has 0 unspecified atom stereocenters. The fourth-order valence-electron chi connectivity index (χ4n) is 2.60. The van der Waals surface area contributed by atoms with Gasteiger partial charge in [0, 0.05) is 19.6 Å². The van der Waals surface area contributed by atoms with Gasteiger partial charge in [0.05, 0.1) is 5.69 Å². The third kappa shape index (κ3) is 3.77. The summed E-state index contributed by atoms with van der Waals surface area (Å²) >= 11 is 0. The van der Waals surface area contributed by atoms with Crippen molar-refractivity contribution in [2.75, 3.05) is 25.0 Å². The number of hydrogen-bond acceptors (Lipinski definition) is 3. The second-order valence-corrected chi connectivity index (χ2v) is 7.58. The number of nitrogens with one attached hydrogen (secondary N) is 1. The Hall–Kier alpha value is -1.07. The first kappa shape index (κ1) is 16.3. The average molecular weight is 310 g/mol. The molecule has 0 radical (unpaired) electrons. The van der Waals surface area contributed by atoms with Crippen LogP contribution in [0, 0.1) is 5.92 Å². The summed E-state index contributed by atoms with van der Waals surface area (Å²) in [7, 11) is -3.41. The van der Waals surface area contributed by atoms with Crippen LogP contribution in [0.2, 0.25) is 0 Å². The molecule has 1 N–H and O–H groups in total. The highest BCUT2D eigenvalue weighted by Crippen LogP contribution is 2.30. The van der Waals surface area contributed by atoms with Crippen molar-refractivity contribution in [3.8, 4) is 0 Å². The van der Waals surface area contributed by atoms with Gasteiger partial charge in [-0.2, -0.15) is 4.31 Å². The zero-order chi connectivity index (χ0) is 15.3. The fraction of sp³-hybridized carbons (Fsp3) is 0.625. The summed E-state index contributed by atoms with van der Waals surface area (Å²) in [5.41, 5.74) is 0.714. The van der Waals surface area contributed by atoms with E-state index in [9.17, 15) is 8.42 Å². The molecule has 4 nitrogen and oxygen atoms in total. The van der Waals surface area contributed by atoms with Gasteiger partial charge in [0.25, 0.3) is 0 Å². The second kappa shape index (κ2) is 7.27. The third-order valence-electron chi connectivity index (χ3n) is 4.11. The molecule has 1 fully saturated rings. The van der Waals surface area contributed by atoms with Gasteiger partial charge in [-0.1, -0.05) is 32.4 Å². The van der Waals surface area contributed by atoms with E-state index in [0.29, 0.717) is 29.6 Å². The maximum Gasteiger partial charge on any atom is 0.245 e. The van der Waals surface area contributed by atoms with E-state index in [0.717, 1.165) is 25.8 Å². The molecule has 0 amide bonds. The van der Waals surface area contributed by atoms with Crippen LogP contribution in [0.15, 0.2) is 29.2 Å². The topological polar surface area (TPSA) is 49.4 Å². The summed E-state index contributed by atoms with van der Waals surface area (Å²) in [6.07, 6.45) is 4.51. The minimum Gasteiger partial charge on any atom is -0.384 e. The molecule has 0 heterocycles. The lowest BCUT2D eigenvalue weighted by Crippen LogP contribution is -2.37. The molecule has 1 aromatic carbocycles. The molecule has 0 aliphatic heterocycles. The van der Waals surface area contributed by atoms with Gasteiger partial charge >= 0.3 is 0 Å². The number of rotatable bonds is 8. The molecule has 1 saturated carbocycles. The number of para-hydroxylation sites is 1. The first-order chi connectivity index (χ1) is 10.1. The Morgan fingerprint density at radius 2 is 1.95 bits per heavy atom. The molecular formula is C16H26N2O2S. The number of hydrogen-bond donors (Lipinski definition) is 1. The van der Waals surface area contributed by atoms with Gasteiger partial charge in [0.15, 0.2) is 0 Å². The summed E-state index contributed by atoms with van der Waals surface area (Å²) in [6, 6.07) is 7.22. The molecule has 21 heavy (non-hydrogen) atoms. The molecule has 0 atom stereocenters. The molecule has 1 aliphatic carbocycles. The normalized spacial score (nSPS) is 16.0. The minimum absolute atomic E-state index is 0.402. The van der Waals surface area contributed by atoms with Crippen molar-refractivity contribution >= 4 is 15.7 Å². The molecular weight excluding hydrogens is 284 g/mol. The maximum atomic E-state index is 12.9. The van der Waals surface area contributed by atoms with E-state index >= 15 is 0 Å². The predicted octanol–water partition coefficient (Wildman–Crippen LogP) is 3.32. The van der Waals surface area contributed by atoms with Crippen LogP contribution < -0.4 is 5.32 Å². The Morgan fingerprint density at radius 1 is 1.24 bits per heavy atom. The molecule has 1 aromatic rings. The summed E-state index contributed by atoms with van der Waals surface area (Å²) in [5, 5.41) is 3.22. The zero-order valence-electron chi connectivity index (χ0n) is 13.0. The SMILES string of the molecule is CCCNc1ccccc1S(=O)(=O)N(CC)CC1CCC1. The summed E-state index contributed by atoms with van der Waals surface area (Å²) < 4.78 is 27.4. The second-order valence-electron chi connectivity index (χ2n) is 5.68. The maximum absolute atomic E-state index is 12.9. The molecule has 118 valence electrons. The van der Waals surface area contributed by atoms with Crippen molar-refractivity contribution < 1.29 is 8.42 Å². The van der Waals surface area contributed by atoms with Crippen molar-refractivity contribution in [3.05, 3.63) is 24.3 Å². The molecule has 0 bridgehead atoms. The Bertz CT molecular complexity index is 553. The Balaban J connectivity index is 2.24. The number of nitrogens with zero attached hydrogens (tertiary/aromatic N) is 1. The number of benzene rings is 1. The minimum atomic E-state index is -3.41. The van der Waals surface area contributed by atoms with Gasteiger partial charge in [0.1, 0.15) is 4.90 Å². The lowest BCUT2D eigenvalue weighted by Gasteiger charge is -2.31. The monoisotopic (exact) mass is 310 g/mol. The van der Waals surface area contributed by atoms with E-state index in [1.165, 1.54) is 6.42 Å². The molecule has 1 aliphatic rings. The van der Waals surface area contributed by atoms with Crippen LogP contribution in [0.3, 0.4) is 0 Å². The molecule has 0 aromatic heterocycles. The van der Waals surface area contributed by atoms with Crippen LogP contribution >= 0.6 is 0 Å². The molecule has 0 spiro atoms. The molecule has 0 saturated heterocycles. The largest absolute Gasteiger partial charge is 0.384 e. The van der Waals surface area contributed by atoms with E-state index < -0.39 is 10.0 Å². The predicted molar refractivity (Wildman–Crippen MR) is 87.0 cm³/mol. The lowest BCUT2D eigenvalue weighted by molar-refractivity contribution is 0.250. The lowest BCUT2D eigenvalue weighted by atomic mass is 9.85. The fourth-order valence-corrected chi connectivity index (χ4v) is 4.29. The van der Waals surface area contributed by atoms with Crippen LogP contribution in [0.1, 0.15) is 39.5 Å². The third-order valence-corrected chi connectivity index (χ3v) is 6.11. The van der Waals surface area contributed by atoms with Gasteiger partial charge in [-0.3, -0.25) is 0 Å². The van der Waals surface area contributed by atoms with E-state index in [4.69, 9.17) is 0 Å². The number of anilines is 1. The van der Waals surface area contributed by atoms with Gasteiger partial charge in [-0.05, 0) is 37.3 Å². The van der Waals surface area contributed by atoms with Crippen molar-refractivity contribution in [2.24, 2.45) is 5.92 Å². The van der Waals surface area contributed by atoms with Crippen LogP contribution in [0.25, 0.3) is 0 Å². The van der Waals surface area contributed by atoms with Crippen LogP contribution in [-0.2, 0) is 10.0 Å². The highest BCUT2D eigenvalue weighted by molar-refractivity contribution is 7.89. The van der Waals surface area contributed by atoms with Crippen molar-refractivity contribution in [1.29, 1.82) is 0 Å². The Morgan fingerprint density at radius 3 is 2.52 bits per heavy atom. The van der Waals surface area contributed by atoms with E-state index in [2.05, 4.69) is 12.2 Å². The Kier molecular flexibility index (Phi) is 5.65. The van der Waals surface area contributed by atoms with E-state index in [-0.39, 0.29) is 0 Å². The van der Waals surface area contributed by atoms with Gasteiger partial charge < -0.3 is 5.32 Å². The molecule has 5 heteroatoms. The van der Waals surface area contributed by atoms with E-state index in [1.807, 2.05) is 19.1 Å². The summed E-state index contributed by atoms with van der Waals surface area (Å²) in [6.45, 7) is 5.94. The van der Waals surface area contributed by atoms with Crippen LogP contribution in [0.4, 0.5) is 5.69 Å². The standard InChI is InChI=1S/C16H26N2O2S/c1-3-12-17-15-10-5-6-11-16(15)21(19,20)18(4-2)13-14-8-7-9-14/h5-6,10-11,14,17H,3-4,7-9,12-13H2,1-2H3. The quantitative estimate of drug-likeness (QED) is 0.801. The van der Waals surface area contributed by atoms with Crippen LogP contribution in [-0.4, -0.2) is 32.4 Å². The van der Waals surface area contributed by atoms with Crippen LogP contribution in [0.5, 0.6) is 0 Å². The zero-order valence-corrected chi connectivity index (χ0v) is 13.8. The van der Waals surface area contributed by atoms with Crippen molar-refractivity contribution in [2.45, 2.75) is 44.4 Å². The van der Waals surface area contributed by atoms with Gasteiger partial charge in [-0.15, -0.1) is 0 Å². The Labute approximate surface area is 128 Å². The van der Waals surface area contributed by atoms with Crippen molar-refractivity contribution in [1.82, 2.24) is 4.31 Å². The number of sulfonamides is 1. The van der Waals surface area contributed by atoms with Crippen molar-refractivity contribution in [3.63, 3.8) is 0 Å². The summed E-state index contributed by atoms with van der Waals surface area (Å²) in [5.74, 6) is 0.537. The first-order valence-corrected chi connectivity index (χ1v) is 9.36. The highest BCUT2D eigenvalue weighted by atomic mass is 32.2. The highest BCUT2D eigenvalue weighted by Gasteiger charge is 2.29. The van der Waals surface area contributed by atoms with Gasteiger partial charge in [-0.25, -0.2) is 8.42 Å². The average Bonchev–Trinajstić information content (AvgIpc) is 2.44. The van der Waals surface area contributed by atoms with Gasteiger partial charge in [0.2, 0.25) is 10.0 Å². The smallest absolute Gasteiger partial charge is 0.245 e. The van der Waals surface area contributed by atoms with E-state index in [1.54, 1.807) is 16.4 Å². The first-order valence-electron chi connectivity index (χ1n) is 7.92. The summed E-state index contributed by atoms with van der Waals surface area (Å²) in [4.78, 5) is 0.402.